The van der Waals surface area contributed by atoms with E-state index in [1.807, 2.05) is 0 Å². The number of aliphatic hydroxyl groups excluding tert-OH is 2. The van der Waals surface area contributed by atoms with Gasteiger partial charge in [-0.05, 0) is 31.7 Å². The zero-order valence-electron chi connectivity index (χ0n) is 20.1. The highest BCUT2D eigenvalue weighted by molar-refractivity contribution is 5.66. The van der Waals surface area contributed by atoms with Crippen LogP contribution >= 0.6 is 0 Å². The number of methoxy groups -OCH3 is 2. The summed E-state index contributed by atoms with van der Waals surface area (Å²) < 4.78 is 18.1. The number of hydrogen-bond acceptors (Lipinski definition) is 8. The average molecular weight is 466 g/mol. The van der Waals surface area contributed by atoms with Crippen molar-refractivity contribution >= 4 is 5.97 Å². The molecule has 0 amide bonds. The van der Waals surface area contributed by atoms with E-state index in [-0.39, 0.29) is 65.8 Å². The molecule has 6 fully saturated rings. The third-order valence-corrected chi connectivity index (χ3v) is 11.3. The van der Waals surface area contributed by atoms with Gasteiger partial charge in [0.25, 0.3) is 0 Å². The molecular weight excluding hydrogens is 426 g/mol. The SMILES string of the molecule is CCN1C[C@]2(CO)CC[C@H](O)[C@]34C1[C@H]([C@@H](OC)[C@H]23)[C@@]1(O)C[C@H](OC)[C@H]2C[C@@H]4[C@@H]1[C@H]2OC(C)=O. The van der Waals surface area contributed by atoms with E-state index in [0.29, 0.717) is 12.8 Å². The van der Waals surface area contributed by atoms with E-state index >= 15 is 0 Å². The van der Waals surface area contributed by atoms with E-state index < -0.39 is 23.2 Å². The van der Waals surface area contributed by atoms with Crippen molar-refractivity contribution in [2.45, 2.75) is 75.6 Å². The molecule has 0 aromatic carbocycles. The second-order valence-corrected chi connectivity index (χ2v) is 11.9. The fraction of sp³-hybridized carbons (Fsp3) is 0.960. The molecule has 13 atom stereocenters. The Kier molecular flexibility index (Phi) is 4.91. The van der Waals surface area contributed by atoms with Crippen LogP contribution in [0.1, 0.15) is 39.5 Å². The number of nitrogens with zero attached hydrogens (tertiary/aromatic N) is 1. The van der Waals surface area contributed by atoms with Gasteiger partial charge >= 0.3 is 5.97 Å². The van der Waals surface area contributed by atoms with E-state index in [2.05, 4.69) is 11.8 Å². The van der Waals surface area contributed by atoms with E-state index in [1.165, 1.54) is 6.92 Å². The lowest BCUT2D eigenvalue weighted by molar-refractivity contribution is -0.273. The van der Waals surface area contributed by atoms with Crippen LogP contribution in [0.4, 0.5) is 0 Å². The lowest BCUT2D eigenvalue weighted by Gasteiger charge is -2.68. The lowest BCUT2D eigenvalue weighted by atomic mass is 9.43. The molecule has 6 rings (SSSR count). The molecule has 6 aliphatic rings. The molecule has 1 saturated heterocycles. The summed E-state index contributed by atoms with van der Waals surface area (Å²) in [5.41, 5.74) is -2.01. The van der Waals surface area contributed by atoms with Crippen LogP contribution in [0.5, 0.6) is 0 Å². The van der Waals surface area contributed by atoms with Crippen LogP contribution in [0.2, 0.25) is 0 Å². The van der Waals surface area contributed by atoms with Gasteiger partial charge in [0.1, 0.15) is 6.10 Å². The normalized spacial score (nSPS) is 58.4. The van der Waals surface area contributed by atoms with E-state index in [1.54, 1.807) is 14.2 Å². The topological polar surface area (TPSA) is 109 Å². The molecule has 1 spiro atoms. The van der Waals surface area contributed by atoms with Crippen molar-refractivity contribution in [1.82, 2.24) is 4.90 Å². The maximum absolute atomic E-state index is 12.7. The van der Waals surface area contributed by atoms with Gasteiger partial charge in [-0.25, -0.2) is 0 Å². The Morgan fingerprint density at radius 2 is 1.94 bits per heavy atom. The number of esters is 1. The van der Waals surface area contributed by atoms with Crippen LogP contribution in [0, 0.1) is 40.4 Å². The van der Waals surface area contributed by atoms with Crippen LogP contribution in [-0.2, 0) is 19.0 Å². The molecule has 0 aromatic heterocycles. The number of fused-ring (bicyclic) bond motifs is 2. The maximum atomic E-state index is 12.7. The van der Waals surface area contributed by atoms with Crippen molar-refractivity contribution < 1.29 is 34.3 Å². The Morgan fingerprint density at radius 3 is 2.55 bits per heavy atom. The number of carbonyl (C=O) groups is 1. The minimum Gasteiger partial charge on any atom is -0.462 e. The summed E-state index contributed by atoms with van der Waals surface area (Å²) in [6, 6.07) is -0.0361. The molecule has 3 N–H and O–H groups in total. The molecule has 1 unspecified atom stereocenters. The van der Waals surface area contributed by atoms with Crippen molar-refractivity contribution in [3.05, 3.63) is 0 Å². The van der Waals surface area contributed by atoms with Gasteiger partial charge in [0, 0.05) is 74.7 Å². The van der Waals surface area contributed by atoms with Gasteiger partial charge in [0.2, 0.25) is 0 Å². The van der Waals surface area contributed by atoms with Crippen molar-refractivity contribution in [1.29, 1.82) is 0 Å². The van der Waals surface area contributed by atoms with E-state index in [0.717, 1.165) is 25.9 Å². The molecule has 1 aliphatic heterocycles. The third kappa shape index (κ3) is 2.36. The molecule has 33 heavy (non-hydrogen) atoms. The van der Waals surface area contributed by atoms with Crippen LogP contribution in [0.25, 0.3) is 0 Å². The molecule has 0 radical (unpaired) electrons. The highest BCUT2D eigenvalue weighted by Gasteiger charge is 2.86. The number of carbonyl (C=O) groups excluding carboxylic acids is 1. The molecule has 5 saturated carbocycles. The highest BCUT2D eigenvalue weighted by atomic mass is 16.5. The number of piperidine rings is 1. The lowest BCUT2D eigenvalue weighted by Crippen LogP contribution is -2.76. The quantitative estimate of drug-likeness (QED) is 0.502. The molecule has 8 heteroatoms. The Hall–Kier alpha value is -0.770. The molecule has 0 aromatic rings. The first-order valence-corrected chi connectivity index (χ1v) is 12.7. The minimum atomic E-state index is -1.13. The fourth-order valence-electron chi connectivity index (χ4n) is 10.7. The Balaban J connectivity index is 1.61. The van der Waals surface area contributed by atoms with Gasteiger partial charge in [-0.15, -0.1) is 0 Å². The molecule has 8 nitrogen and oxygen atoms in total. The zero-order valence-corrected chi connectivity index (χ0v) is 20.1. The summed E-state index contributed by atoms with van der Waals surface area (Å²) in [6.45, 7) is 5.17. The maximum Gasteiger partial charge on any atom is 0.302 e. The standard InChI is InChI=1S/C25H39NO7/c1-5-26-10-23(11-27)7-6-16(29)25-14-8-13-15(31-3)9-24(30,17(14)19(13)33-12(2)28)18(22(25)26)20(32-4)21(23)25/h13-22,27,29-30H,5-11H2,1-4H3/t13-,14-,15+,16+,17-,18+,19+,20-,21-,22?,23+,24-,25+/m1/s1. The Morgan fingerprint density at radius 1 is 1.18 bits per heavy atom. The van der Waals surface area contributed by atoms with Gasteiger partial charge in [-0.2, -0.15) is 0 Å². The number of rotatable bonds is 5. The van der Waals surface area contributed by atoms with Crippen molar-refractivity contribution in [3.63, 3.8) is 0 Å². The van der Waals surface area contributed by atoms with Crippen LogP contribution in [0.3, 0.4) is 0 Å². The predicted molar refractivity (Wildman–Crippen MR) is 117 cm³/mol. The summed E-state index contributed by atoms with van der Waals surface area (Å²) in [7, 11) is 3.39. The molecule has 1 heterocycles. The third-order valence-electron chi connectivity index (χ3n) is 11.3. The number of hydrogen-bond donors (Lipinski definition) is 3. The monoisotopic (exact) mass is 465 g/mol. The second-order valence-electron chi connectivity index (χ2n) is 11.9. The Bertz CT molecular complexity index is 840. The smallest absolute Gasteiger partial charge is 0.302 e. The zero-order chi connectivity index (χ0) is 23.5. The Labute approximate surface area is 195 Å². The number of aliphatic hydroxyl groups is 3. The number of likely N-dealkylation sites (tertiary alicyclic amines) is 1. The van der Waals surface area contributed by atoms with Crippen molar-refractivity contribution in [3.8, 4) is 0 Å². The summed E-state index contributed by atoms with van der Waals surface area (Å²) >= 11 is 0. The summed E-state index contributed by atoms with van der Waals surface area (Å²) in [5, 5.41) is 35.3. The largest absolute Gasteiger partial charge is 0.462 e. The van der Waals surface area contributed by atoms with Gasteiger partial charge < -0.3 is 29.5 Å². The summed E-state index contributed by atoms with van der Waals surface area (Å²) in [6.07, 6.45) is 1.15. The van der Waals surface area contributed by atoms with Crippen LogP contribution in [-0.4, -0.2) is 96.2 Å². The highest BCUT2D eigenvalue weighted by Crippen LogP contribution is 2.79. The predicted octanol–water partition coefficient (Wildman–Crippen LogP) is 0.419. The van der Waals surface area contributed by atoms with Gasteiger partial charge in [0.05, 0.1) is 30.5 Å². The van der Waals surface area contributed by atoms with E-state index in [4.69, 9.17) is 14.2 Å². The minimum absolute atomic E-state index is 0.00245. The summed E-state index contributed by atoms with van der Waals surface area (Å²) in [4.78, 5) is 14.6. The van der Waals surface area contributed by atoms with Gasteiger partial charge in [-0.1, -0.05) is 6.92 Å². The summed E-state index contributed by atoms with van der Waals surface area (Å²) in [5.74, 6) is -0.921. The van der Waals surface area contributed by atoms with Crippen molar-refractivity contribution in [2.75, 3.05) is 33.9 Å². The molecule has 5 aliphatic carbocycles. The van der Waals surface area contributed by atoms with Crippen molar-refractivity contribution in [2.24, 2.45) is 40.4 Å². The first-order chi connectivity index (χ1) is 15.7. The fourth-order valence-corrected chi connectivity index (χ4v) is 10.7. The molecular formula is C25H39NO7. The number of ether oxygens (including phenoxy) is 3. The van der Waals surface area contributed by atoms with Crippen LogP contribution < -0.4 is 0 Å². The average Bonchev–Trinajstić information content (AvgIpc) is 3.22. The first-order valence-electron chi connectivity index (χ1n) is 12.7. The molecule has 7 bridgehead atoms. The second kappa shape index (κ2) is 7.14. The molecule has 186 valence electrons. The van der Waals surface area contributed by atoms with Gasteiger partial charge in [-0.3, -0.25) is 9.69 Å². The first kappa shape index (κ1) is 22.7. The van der Waals surface area contributed by atoms with E-state index in [9.17, 15) is 20.1 Å². The van der Waals surface area contributed by atoms with Gasteiger partial charge in [0.15, 0.2) is 0 Å². The van der Waals surface area contributed by atoms with Crippen LogP contribution in [0.15, 0.2) is 0 Å².